The molecule has 0 spiro atoms. The molecule has 316 valence electrons. The van der Waals surface area contributed by atoms with Gasteiger partial charge in [-0.1, -0.05) is 67.4 Å². The quantitative estimate of drug-likeness (QED) is 0.0376. The Bertz CT molecular complexity index is 1960. The predicted octanol–water partition coefficient (Wildman–Crippen LogP) is 7.14. The first-order valence-electron chi connectivity index (χ1n) is 21.9. The fourth-order valence-electron chi connectivity index (χ4n) is 9.77. The van der Waals surface area contributed by atoms with Gasteiger partial charge in [-0.05, 0) is 171 Å². The van der Waals surface area contributed by atoms with Gasteiger partial charge in [0, 0.05) is 18.7 Å². The van der Waals surface area contributed by atoms with Gasteiger partial charge in [0.1, 0.15) is 5.78 Å². The number of unbranched alkanes of at least 4 members (excludes halogenated alkanes) is 2. The van der Waals surface area contributed by atoms with Crippen molar-refractivity contribution in [2.75, 3.05) is 33.9 Å². The number of nitrogens with one attached hydrogen (secondary N) is 3. The van der Waals surface area contributed by atoms with Crippen molar-refractivity contribution in [2.24, 2.45) is 23.5 Å². The molecule has 5 atom stereocenters. The number of methoxy groups -OCH3 is 1. The monoisotopic (exact) mass is 803 g/mol. The van der Waals surface area contributed by atoms with Crippen molar-refractivity contribution in [3.05, 3.63) is 124 Å². The summed E-state index contributed by atoms with van der Waals surface area (Å²) < 4.78 is 5.45. The van der Waals surface area contributed by atoms with Gasteiger partial charge >= 0.3 is 0 Å². The Morgan fingerprint density at radius 2 is 1.68 bits per heavy atom. The molecule has 5 unspecified atom stereocenters. The van der Waals surface area contributed by atoms with Crippen molar-refractivity contribution in [2.45, 2.75) is 102 Å². The number of phenols is 1. The number of hydrogen-bond acceptors (Lipinski definition) is 9. The van der Waals surface area contributed by atoms with Gasteiger partial charge in [0.05, 0.1) is 26.3 Å². The number of aliphatic hydroxyl groups excluding tert-OH is 1. The predicted molar refractivity (Wildman–Crippen MR) is 237 cm³/mol. The van der Waals surface area contributed by atoms with E-state index in [1.165, 1.54) is 55.6 Å². The number of aryl methyl sites for hydroxylation is 3. The molecule has 1 saturated heterocycles. The van der Waals surface area contributed by atoms with E-state index in [0.29, 0.717) is 41.5 Å². The number of nitrogens with two attached hydrogens (primary N) is 1. The Balaban J connectivity index is 1.06. The number of hydrogen-bond donors (Lipinski definition) is 6. The van der Waals surface area contributed by atoms with Crippen LogP contribution in [0.1, 0.15) is 92.0 Å². The van der Waals surface area contributed by atoms with E-state index in [1.54, 1.807) is 12.1 Å². The van der Waals surface area contributed by atoms with Gasteiger partial charge in [-0.3, -0.25) is 9.59 Å². The third kappa shape index (κ3) is 12.5. The van der Waals surface area contributed by atoms with Gasteiger partial charge < -0.3 is 36.6 Å². The molecule has 3 aliphatic rings. The SMILES string of the molecule is CNC1CCC2CNCCC2C1CCCCCC(=O)CC(=O)C=C(CO)c1cc(OC)c(O)cc1CC1=CNC(N)C=C1CCc1cccc(CCc2ccccc2)c1. The van der Waals surface area contributed by atoms with Crippen LogP contribution in [0.15, 0.2) is 96.2 Å². The van der Waals surface area contributed by atoms with Crippen LogP contribution in [0.3, 0.4) is 0 Å². The Hall–Kier alpha value is -4.54. The molecule has 0 amide bonds. The van der Waals surface area contributed by atoms with Gasteiger partial charge in [-0.2, -0.15) is 0 Å². The molecule has 1 aliphatic carbocycles. The zero-order chi connectivity index (χ0) is 41.6. The summed E-state index contributed by atoms with van der Waals surface area (Å²) in [6, 6.07) is 23.2. The lowest BCUT2D eigenvalue weighted by molar-refractivity contribution is -0.124. The molecule has 9 heteroatoms. The summed E-state index contributed by atoms with van der Waals surface area (Å²) in [4.78, 5) is 26.3. The number of carbonyl (C=O) groups excluding carboxylic acids is 2. The first-order valence-corrected chi connectivity index (χ1v) is 21.9. The highest BCUT2D eigenvalue weighted by atomic mass is 16.5. The fourth-order valence-corrected chi connectivity index (χ4v) is 9.77. The summed E-state index contributed by atoms with van der Waals surface area (Å²) >= 11 is 0. The van der Waals surface area contributed by atoms with E-state index in [9.17, 15) is 19.8 Å². The number of piperidine rings is 1. The number of Topliss-reactive ketones (excluding diaryl/α,β-unsaturated/α-hetero) is 1. The Kier molecular flexibility index (Phi) is 16.5. The van der Waals surface area contributed by atoms with E-state index in [-0.39, 0.29) is 35.7 Å². The van der Waals surface area contributed by atoms with E-state index in [1.807, 2.05) is 18.3 Å². The van der Waals surface area contributed by atoms with Crippen LogP contribution in [-0.4, -0.2) is 67.8 Å². The molecule has 59 heavy (non-hydrogen) atoms. The summed E-state index contributed by atoms with van der Waals surface area (Å²) in [6.45, 7) is 1.84. The van der Waals surface area contributed by atoms with Gasteiger partial charge in [-0.25, -0.2) is 0 Å². The molecule has 3 aromatic rings. The average Bonchev–Trinajstić information content (AvgIpc) is 3.25. The van der Waals surface area contributed by atoms with E-state index in [2.05, 4.69) is 71.5 Å². The van der Waals surface area contributed by atoms with Gasteiger partial charge in [0.25, 0.3) is 0 Å². The first-order chi connectivity index (χ1) is 28.7. The second-order valence-electron chi connectivity index (χ2n) is 16.9. The highest BCUT2D eigenvalue weighted by molar-refractivity contribution is 6.07. The molecule has 0 aromatic heterocycles. The minimum Gasteiger partial charge on any atom is -0.504 e. The smallest absolute Gasteiger partial charge is 0.163 e. The number of aliphatic hydroxyl groups is 1. The summed E-state index contributed by atoms with van der Waals surface area (Å²) in [5, 5.41) is 31.9. The maximum atomic E-state index is 13.3. The molecule has 3 aromatic carbocycles. The molecular formula is C50H66N4O5. The van der Waals surface area contributed by atoms with Crippen LogP contribution in [-0.2, 0) is 35.3 Å². The van der Waals surface area contributed by atoms with Crippen LogP contribution in [0.5, 0.6) is 11.5 Å². The number of ether oxygens (including phenoxy) is 1. The van der Waals surface area contributed by atoms with Crippen molar-refractivity contribution >= 4 is 17.1 Å². The molecule has 6 rings (SSSR count). The van der Waals surface area contributed by atoms with E-state index >= 15 is 0 Å². The number of aromatic hydroxyl groups is 1. The molecule has 9 nitrogen and oxygen atoms in total. The Labute approximate surface area is 351 Å². The maximum Gasteiger partial charge on any atom is 0.163 e. The first kappa shape index (κ1) is 44.0. The lowest BCUT2D eigenvalue weighted by Crippen LogP contribution is -2.50. The average molecular weight is 803 g/mol. The molecule has 2 fully saturated rings. The third-order valence-electron chi connectivity index (χ3n) is 12.9. The maximum absolute atomic E-state index is 13.3. The van der Waals surface area contributed by atoms with Crippen LogP contribution in [0, 0.1) is 17.8 Å². The molecule has 2 heterocycles. The number of benzene rings is 3. The third-order valence-corrected chi connectivity index (χ3v) is 12.9. The minimum absolute atomic E-state index is 0.0375. The Morgan fingerprint density at radius 3 is 2.44 bits per heavy atom. The molecule has 0 bridgehead atoms. The number of carbonyl (C=O) groups is 2. The number of phenolic OH excluding ortho intramolecular Hbond substituents is 1. The normalized spacial score (nSPS) is 21.8. The molecular weight excluding hydrogens is 737 g/mol. The van der Waals surface area contributed by atoms with Crippen molar-refractivity contribution in [3.63, 3.8) is 0 Å². The van der Waals surface area contributed by atoms with Gasteiger partial charge in [0.15, 0.2) is 17.3 Å². The van der Waals surface area contributed by atoms with E-state index in [4.69, 9.17) is 10.5 Å². The van der Waals surface area contributed by atoms with Crippen LogP contribution < -0.4 is 26.4 Å². The lowest BCUT2D eigenvalue weighted by Gasteiger charge is -2.46. The van der Waals surface area contributed by atoms with Crippen molar-refractivity contribution in [3.8, 4) is 11.5 Å². The number of ketones is 2. The fraction of sp³-hybridized carbons (Fsp3) is 0.480. The van der Waals surface area contributed by atoms with Crippen LogP contribution in [0.4, 0.5) is 0 Å². The van der Waals surface area contributed by atoms with Crippen LogP contribution in [0.25, 0.3) is 5.57 Å². The highest BCUT2D eigenvalue weighted by Gasteiger charge is 2.39. The van der Waals surface area contributed by atoms with Crippen molar-refractivity contribution in [1.29, 1.82) is 0 Å². The standard InChI is InChI=1S/C50H66N4O5/c1-52-47-21-20-38-31-53-23-22-44(38)45(47)15-8-4-7-14-42(56)29-43(57)26-41(33-55)46-30-49(59-2)48(58)27-39(46)25-40-32-54-50(51)28-37(40)19-18-36-13-9-12-35(24-36)17-16-34-10-5-3-6-11-34/h3,5-6,9-13,24,26-28,30,32,38,44-45,47,50,52-55,58H,4,7-8,14-23,25,29,31,33,51H2,1-2H3. The van der Waals surface area contributed by atoms with Crippen molar-refractivity contribution < 1.29 is 24.5 Å². The van der Waals surface area contributed by atoms with Gasteiger partial charge in [0.2, 0.25) is 0 Å². The lowest BCUT2D eigenvalue weighted by atomic mass is 9.65. The highest BCUT2D eigenvalue weighted by Crippen LogP contribution is 2.41. The topological polar surface area (TPSA) is 146 Å². The van der Waals surface area contributed by atoms with Gasteiger partial charge in [-0.15, -0.1) is 0 Å². The minimum atomic E-state index is -0.418. The second-order valence-corrected chi connectivity index (χ2v) is 16.9. The summed E-state index contributed by atoms with van der Waals surface area (Å²) in [7, 11) is 3.56. The summed E-state index contributed by atoms with van der Waals surface area (Å²) in [5.41, 5.74) is 14.0. The largest absolute Gasteiger partial charge is 0.504 e. The Morgan fingerprint density at radius 1 is 0.915 bits per heavy atom. The van der Waals surface area contributed by atoms with E-state index < -0.39 is 6.61 Å². The number of allylic oxidation sites excluding steroid dienone is 3. The molecule has 0 radical (unpaired) electrons. The number of dihydropyridines is 1. The summed E-state index contributed by atoms with van der Waals surface area (Å²) in [6.07, 6.45) is 17.0. The molecule has 1 saturated carbocycles. The molecule has 2 aliphatic heterocycles. The zero-order valence-corrected chi connectivity index (χ0v) is 35.2. The van der Waals surface area contributed by atoms with Crippen molar-refractivity contribution in [1.82, 2.24) is 16.0 Å². The van der Waals surface area contributed by atoms with Crippen LogP contribution in [0.2, 0.25) is 0 Å². The number of fused-ring (bicyclic) bond motifs is 1. The second kappa shape index (κ2) is 22.2. The van der Waals surface area contributed by atoms with E-state index in [0.717, 1.165) is 81.0 Å². The molecule has 7 N–H and O–H groups in total. The van der Waals surface area contributed by atoms with Crippen LogP contribution >= 0.6 is 0 Å². The summed E-state index contributed by atoms with van der Waals surface area (Å²) in [5.74, 6) is 2.02. The zero-order valence-electron chi connectivity index (χ0n) is 35.2. The number of rotatable bonds is 21.